The van der Waals surface area contributed by atoms with Crippen molar-refractivity contribution in [2.45, 2.75) is 59.9 Å². The van der Waals surface area contributed by atoms with Crippen LogP contribution in [0.25, 0.3) is 0 Å². The Balaban J connectivity index is 2.82. The van der Waals surface area contributed by atoms with Gasteiger partial charge < -0.3 is 5.32 Å². The van der Waals surface area contributed by atoms with Crippen molar-refractivity contribution in [2.75, 3.05) is 6.54 Å². The van der Waals surface area contributed by atoms with Crippen molar-refractivity contribution in [2.24, 2.45) is 5.41 Å². The molecule has 102 valence electrons. The smallest absolute Gasteiger partial charge is 0.00132 e. The molecule has 1 heteroatoms. The van der Waals surface area contributed by atoms with Gasteiger partial charge in [0.15, 0.2) is 0 Å². The van der Waals surface area contributed by atoms with E-state index in [1.807, 2.05) is 0 Å². The van der Waals surface area contributed by atoms with E-state index in [0.717, 1.165) is 6.54 Å². The summed E-state index contributed by atoms with van der Waals surface area (Å²) in [5.41, 5.74) is 3.33. The van der Waals surface area contributed by atoms with E-state index in [4.69, 9.17) is 0 Å². The van der Waals surface area contributed by atoms with Gasteiger partial charge in [0.1, 0.15) is 0 Å². The number of hydrogen-bond donors (Lipinski definition) is 1. The Morgan fingerprint density at radius 3 is 2.22 bits per heavy atom. The summed E-state index contributed by atoms with van der Waals surface area (Å²) in [5, 5.41) is 3.63. The van der Waals surface area contributed by atoms with Crippen molar-refractivity contribution < 1.29 is 0 Å². The summed E-state index contributed by atoms with van der Waals surface area (Å²) in [7, 11) is 0. The van der Waals surface area contributed by atoms with Crippen LogP contribution in [-0.4, -0.2) is 12.6 Å². The van der Waals surface area contributed by atoms with Gasteiger partial charge in [0, 0.05) is 12.6 Å². The minimum atomic E-state index is 0.399. The third-order valence-electron chi connectivity index (χ3n) is 4.21. The molecule has 0 unspecified atom stereocenters. The number of aryl methyl sites for hydroxylation is 1. The average Bonchev–Trinajstić information content (AvgIpc) is 2.37. The van der Waals surface area contributed by atoms with E-state index in [9.17, 15) is 0 Å². The lowest BCUT2D eigenvalue weighted by molar-refractivity contribution is 0.239. The predicted molar refractivity (Wildman–Crippen MR) is 81.0 cm³/mol. The van der Waals surface area contributed by atoms with E-state index in [1.54, 1.807) is 0 Å². The van der Waals surface area contributed by atoms with Gasteiger partial charge in [0.25, 0.3) is 0 Å². The van der Waals surface area contributed by atoms with Gasteiger partial charge in [-0.25, -0.2) is 0 Å². The summed E-state index contributed by atoms with van der Waals surface area (Å²) in [5.74, 6) is 0. The Hall–Kier alpha value is -0.820. The molecule has 0 fully saturated rings. The van der Waals surface area contributed by atoms with Crippen LogP contribution in [0.3, 0.4) is 0 Å². The minimum Gasteiger partial charge on any atom is -0.314 e. The van der Waals surface area contributed by atoms with E-state index < -0.39 is 0 Å². The molecule has 1 N–H and O–H groups in total. The van der Waals surface area contributed by atoms with Crippen LogP contribution in [0.15, 0.2) is 24.3 Å². The fourth-order valence-electron chi connectivity index (χ4n) is 2.45. The second kappa shape index (κ2) is 6.94. The topological polar surface area (TPSA) is 12.0 Å². The Bertz CT molecular complexity index is 350. The van der Waals surface area contributed by atoms with E-state index in [1.165, 1.54) is 30.4 Å². The molecule has 0 aliphatic heterocycles. The van der Waals surface area contributed by atoms with E-state index in [0.29, 0.717) is 11.5 Å². The summed E-state index contributed by atoms with van der Waals surface area (Å²) in [4.78, 5) is 0. The van der Waals surface area contributed by atoms with Crippen molar-refractivity contribution in [3.05, 3.63) is 35.4 Å². The predicted octanol–water partition coefficient (Wildman–Crippen LogP) is 4.34. The fourth-order valence-corrected chi connectivity index (χ4v) is 2.45. The summed E-state index contributed by atoms with van der Waals surface area (Å²) < 4.78 is 0. The highest BCUT2D eigenvalue weighted by Gasteiger charge is 2.26. The van der Waals surface area contributed by atoms with Gasteiger partial charge in [-0.15, -0.1) is 0 Å². The van der Waals surface area contributed by atoms with Crippen LogP contribution in [-0.2, 0) is 6.42 Å². The van der Waals surface area contributed by atoms with E-state index >= 15 is 0 Å². The molecule has 1 nitrogen and oxygen atoms in total. The molecule has 0 radical (unpaired) electrons. The van der Waals surface area contributed by atoms with Crippen molar-refractivity contribution in [1.29, 1.82) is 0 Å². The summed E-state index contributed by atoms with van der Waals surface area (Å²) in [6.45, 7) is 12.4. The maximum absolute atomic E-state index is 3.63. The lowest BCUT2D eigenvalue weighted by Gasteiger charge is -2.33. The molecular weight excluding hydrogens is 218 g/mol. The standard InChI is InChI=1S/C17H29N/c1-6-17(7-2,13-18-14(3)4)12-16-11-9-8-10-15(16)5/h8-11,14,18H,6-7,12-13H2,1-5H3. The van der Waals surface area contributed by atoms with E-state index in [-0.39, 0.29) is 0 Å². The molecule has 0 saturated heterocycles. The highest BCUT2D eigenvalue weighted by Crippen LogP contribution is 2.31. The maximum atomic E-state index is 3.63. The van der Waals surface area contributed by atoms with Gasteiger partial charge >= 0.3 is 0 Å². The summed E-state index contributed by atoms with van der Waals surface area (Å²) >= 11 is 0. The normalized spacial score (nSPS) is 12.1. The molecule has 1 aromatic carbocycles. The Morgan fingerprint density at radius 2 is 1.72 bits per heavy atom. The van der Waals surface area contributed by atoms with Crippen LogP contribution in [0.1, 0.15) is 51.7 Å². The first-order chi connectivity index (χ1) is 8.53. The quantitative estimate of drug-likeness (QED) is 0.755. The third kappa shape index (κ3) is 4.13. The highest BCUT2D eigenvalue weighted by molar-refractivity contribution is 5.26. The zero-order valence-electron chi connectivity index (χ0n) is 12.7. The van der Waals surface area contributed by atoms with E-state index in [2.05, 4.69) is 64.2 Å². The van der Waals surface area contributed by atoms with Crippen LogP contribution in [0.5, 0.6) is 0 Å². The zero-order valence-corrected chi connectivity index (χ0v) is 12.7. The molecule has 0 aromatic heterocycles. The molecule has 0 aliphatic rings. The second-order valence-corrected chi connectivity index (χ2v) is 5.85. The minimum absolute atomic E-state index is 0.399. The SMILES string of the molecule is CCC(CC)(CNC(C)C)Cc1ccccc1C. The maximum Gasteiger partial charge on any atom is 0.00132 e. The van der Waals surface area contributed by atoms with Gasteiger partial charge in [0.2, 0.25) is 0 Å². The van der Waals surface area contributed by atoms with Gasteiger partial charge in [0.05, 0.1) is 0 Å². The molecule has 0 aliphatic carbocycles. The fraction of sp³-hybridized carbons (Fsp3) is 0.647. The Morgan fingerprint density at radius 1 is 1.11 bits per heavy atom. The number of rotatable bonds is 7. The lowest BCUT2D eigenvalue weighted by Crippen LogP contribution is -2.38. The monoisotopic (exact) mass is 247 g/mol. The van der Waals surface area contributed by atoms with Crippen LogP contribution >= 0.6 is 0 Å². The third-order valence-corrected chi connectivity index (χ3v) is 4.21. The molecule has 1 rings (SSSR count). The first kappa shape index (κ1) is 15.2. The Kier molecular flexibility index (Phi) is 5.87. The van der Waals surface area contributed by atoms with Crippen LogP contribution < -0.4 is 5.32 Å². The van der Waals surface area contributed by atoms with Gasteiger partial charge in [-0.2, -0.15) is 0 Å². The van der Waals surface area contributed by atoms with Gasteiger partial charge in [-0.3, -0.25) is 0 Å². The summed E-state index contributed by atoms with van der Waals surface area (Å²) in [6, 6.07) is 9.37. The first-order valence-electron chi connectivity index (χ1n) is 7.31. The second-order valence-electron chi connectivity index (χ2n) is 5.85. The molecular formula is C17H29N. The van der Waals surface area contributed by atoms with Gasteiger partial charge in [-0.05, 0) is 42.7 Å². The van der Waals surface area contributed by atoms with Crippen molar-refractivity contribution in [3.8, 4) is 0 Å². The summed E-state index contributed by atoms with van der Waals surface area (Å²) in [6.07, 6.45) is 3.65. The number of nitrogens with one attached hydrogen (secondary N) is 1. The molecule has 18 heavy (non-hydrogen) atoms. The molecule has 0 saturated carbocycles. The highest BCUT2D eigenvalue weighted by atomic mass is 14.9. The molecule has 0 bridgehead atoms. The van der Waals surface area contributed by atoms with Crippen molar-refractivity contribution >= 4 is 0 Å². The number of benzene rings is 1. The molecule has 0 spiro atoms. The zero-order chi connectivity index (χ0) is 13.6. The Labute approximate surface area is 113 Å². The van der Waals surface area contributed by atoms with Crippen LogP contribution in [0, 0.1) is 12.3 Å². The molecule has 0 atom stereocenters. The van der Waals surface area contributed by atoms with Crippen molar-refractivity contribution in [3.63, 3.8) is 0 Å². The lowest BCUT2D eigenvalue weighted by atomic mass is 9.76. The van der Waals surface area contributed by atoms with Crippen LogP contribution in [0.4, 0.5) is 0 Å². The molecule has 1 aromatic rings. The van der Waals surface area contributed by atoms with Gasteiger partial charge in [-0.1, -0.05) is 52.0 Å². The average molecular weight is 247 g/mol. The molecule has 0 amide bonds. The molecule has 0 heterocycles. The van der Waals surface area contributed by atoms with Crippen LogP contribution in [0.2, 0.25) is 0 Å². The largest absolute Gasteiger partial charge is 0.314 e. The first-order valence-corrected chi connectivity index (χ1v) is 7.31. The van der Waals surface area contributed by atoms with Crippen molar-refractivity contribution in [1.82, 2.24) is 5.32 Å². The number of hydrogen-bond acceptors (Lipinski definition) is 1.